The lowest BCUT2D eigenvalue weighted by atomic mass is 10.0. The monoisotopic (exact) mass is 299 g/mol. The van der Waals surface area contributed by atoms with Crippen molar-refractivity contribution in [3.8, 4) is 0 Å². The van der Waals surface area contributed by atoms with E-state index in [1.807, 2.05) is 13.8 Å². The lowest BCUT2D eigenvalue weighted by Crippen LogP contribution is -2.37. The van der Waals surface area contributed by atoms with Gasteiger partial charge >= 0.3 is 4.87 Å². The van der Waals surface area contributed by atoms with Crippen LogP contribution in [0.4, 0.5) is 0 Å². The van der Waals surface area contributed by atoms with Crippen molar-refractivity contribution < 1.29 is 4.79 Å². The van der Waals surface area contributed by atoms with Gasteiger partial charge in [-0.15, -0.1) is 0 Å². The number of carbonyl (C=O) groups excluding carboxylic acids is 1. The van der Waals surface area contributed by atoms with Crippen LogP contribution in [0.15, 0.2) is 4.79 Å². The third-order valence-electron chi connectivity index (χ3n) is 3.75. The maximum absolute atomic E-state index is 12.1. The van der Waals surface area contributed by atoms with E-state index in [1.165, 1.54) is 11.3 Å². The summed E-state index contributed by atoms with van der Waals surface area (Å²) in [6, 6.07) is 0.0955. The van der Waals surface area contributed by atoms with Crippen LogP contribution in [0.5, 0.6) is 0 Å². The van der Waals surface area contributed by atoms with E-state index in [9.17, 15) is 9.59 Å². The molecule has 1 aromatic rings. The molecule has 1 heterocycles. The Bertz CT molecular complexity index is 519. The first-order valence-corrected chi connectivity index (χ1v) is 7.72. The number of likely N-dealkylation sites (N-methyl/N-ethyl adjacent to an activating group) is 1. The molecule has 0 aliphatic carbocycles. The molecular formula is C14H25N3O2S. The van der Waals surface area contributed by atoms with Gasteiger partial charge in [-0.3, -0.25) is 14.2 Å². The lowest BCUT2D eigenvalue weighted by molar-refractivity contribution is -0.130. The Kier molecular flexibility index (Phi) is 5.95. The van der Waals surface area contributed by atoms with E-state index < -0.39 is 0 Å². The van der Waals surface area contributed by atoms with Gasteiger partial charge < -0.3 is 10.6 Å². The predicted molar refractivity (Wildman–Crippen MR) is 83.1 cm³/mol. The minimum Gasteiger partial charge on any atom is -0.344 e. The van der Waals surface area contributed by atoms with Gasteiger partial charge in [-0.2, -0.15) is 0 Å². The Morgan fingerprint density at radius 3 is 2.45 bits per heavy atom. The summed E-state index contributed by atoms with van der Waals surface area (Å²) in [7, 11) is 1.76. The molecule has 0 aromatic carbocycles. The number of nitrogens with two attached hydrogens (primary N) is 1. The van der Waals surface area contributed by atoms with Gasteiger partial charge in [0, 0.05) is 30.2 Å². The zero-order valence-corrected chi connectivity index (χ0v) is 13.8. The molecule has 1 amide bonds. The van der Waals surface area contributed by atoms with Crippen LogP contribution >= 0.6 is 11.3 Å². The normalized spacial score (nSPS) is 12.8. The van der Waals surface area contributed by atoms with Crippen LogP contribution in [0.1, 0.15) is 30.8 Å². The Balaban J connectivity index is 2.60. The van der Waals surface area contributed by atoms with E-state index in [-0.39, 0.29) is 23.4 Å². The number of aryl methyl sites for hydroxylation is 1. The van der Waals surface area contributed by atoms with Crippen molar-refractivity contribution in [3.05, 3.63) is 20.2 Å². The average molecular weight is 299 g/mol. The first-order chi connectivity index (χ1) is 9.23. The highest BCUT2D eigenvalue weighted by Crippen LogP contribution is 2.10. The molecule has 114 valence electrons. The molecule has 1 rings (SSSR count). The zero-order valence-electron chi connectivity index (χ0n) is 13.0. The second kappa shape index (κ2) is 7.04. The van der Waals surface area contributed by atoms with Gasteiger partial charge in [0.2, 0.25) is 5.91 Å². The molecule has 1 aromatic heterocycles. The molecule has 0 radical (unpaired) electrons. The van der Waals surface area contributed by atoms with Crippen molar-refractivity contribution in [2.24, 2.45) is 11.7 Å². The first-order valence-electron chi connectivity index (χ1n) is 6.90. The smallest absolute Gasteiger partial charge is 0.308 e. The van der Waals surface area contributed by atoms with E-state index in [0.29, 0.717) is 12.5 Å². The summed E-state index contributed by atoms with van der Waals surface area (Å²) >= 11 is 1.19. The number of hydrogen-bond donors (Lipinski definition) is 1. The van der Waals surface area contributed by atoms with Gasteiger partial charge in [-0.25, -0.2) is 0 Å². The fourth-order valence-corrected chi connectivity index (χ4v) is 2.66. The number of thiazole rings is 1. The number of hydrogen-bond acceptors (Lipinski definition) is 4. The number of nitrogens with zero attached hydrogens (tertiary/aromatic N) is 2. The molecule has 6 heteroatoms. The molecule has 0 aliphatic rings. The molecule has 0 bridgehead atoms. The number of aromatic nitrogens is 1. The zero-order chi connectivity index (χ0) is 15.4. The number of carbonyl (C=O) groups is 1. The predicted octanol–water partition coefficient (Wildman–Crippen LogP) is 1.36. The van der Waals surface area contributed by atoms with Crippen molar-refractivity contribution in [3.63, 3.8) is 0 Å². The summed E-state index contributed by atoms with van der Waals surface area (Å²) in [5.41, 5.74) is 6.85. The molecule has 1 atom stereocenters. The quantitative estimate of drug-likeness (QED) is 0.862. The molecule has 0 aliphatic heterocycles. The maximum atomic E-state index is 12.1. The summed E-state index contributed by atoms with van der Waals surface area (Å²) in [5.74, 6) is 0.354. The highest BCUT2D eigenvalue weighted by Gasteiger charge is 2.16. The summed E-state index contributed by atoms with van der Waals surface area (Å²) in [4.78, 5) is 26.5. The minimum absolute atomic E-state index is 0.0519. The van der Waals surface area contributed by atoms with Crippen LogP contribution in [0, 0.1) is 19.8 Å². The largest absolute Gasteiger partial charge is 0.344 e. The van der Waals surface area contributed by atoms with Crippen molar-refractivity contribution in [1.29, 1.82) is 0 Å². The van der Waals surface area contributed by atoms with Gasteiger partial charge in [0.05, 0.1) is 0 Å². The number of amides is 1. The highest BCUT2D eigenvalue weighted by molar-refractivity contribution is 7.09. The second-order valence-electron chi connectivity index (χ2n) is 5.61. The van der Waals surface area contributed by atoms with Crippen molar-refractivity contribution >= 4 is 17.2 Å². The Labute approximate surface area is 124 Å². The van der Waals surface area contributed by atoms with Gasteiger partial charge in [0.25, 0.3) is 0 Å². The minimum atomic E-state index is -0.0689. The van der Waals surface area contributed by atoms with Crippen LogP contribution in [-0.4, -0.2) is 35.0 Å². The van der Waals surface area contributed by atoms with Gasteiger partial charge in [0.15, 0.2) is 0 Å². The van der Waals surface area contributed by atoms with Crippen molar-refractivity contribution in [2.75, 3.05) is 13.6 Å². The fraction of sp³-hybridized carbons (Fsp3) is 0.714. The third-order valence-corrected chi connectivity index (χ3v) is 4.75. The van der Waals surface area contributed by atoms with Crippen LogP contribution in [0.25, 0.3) is 0 Å². The van der Waals surface area contributed by atoms with E-state index >= 15 is 0 Å². The topological polar surface area (TPSA) is 68.3 Å². The van der Waals surface area contributed by atoms with E-state index in [2.05, 4.69) is 13.8 Å². The fourth-order valence-electron chi connectivity index (χ4n) is 1.83. The Morgan fingerprint density at radius 2 is 2.00 bits per heavy atom. The molecule has 0 fully saturated rings. The summed E-state index contributed by atoms with van der Waals surface area (Å²) in [6.45, 7) is 8.65. The Hall–Kier alpha value is -1.14. The van der Waals surface area contributed by atoms with Gasteiger partial charge in [-0.05, 0) is 26.2 Å². The third kappa shape index (κ3) is 4.18. The standard InChI is InChI=1S/C14H25N3O2S/c1-9(2)12(15)6-7-16(5)13(18)8-17-10(3)11(4)20-14(17)19/h9,12H,6-8,15H2,1-5H3. The van der Waals surface area contributed by atoms with E-state index in [1.54, 1.807) is 16.5 Å². The molecule has 5 nitrogen and oxygen atoms in total. The summed E-state index contributed by atoms with van der Waals surface area (Å²) in [5, 5.41) is 0. The van der Waals surface area contributed by atoms with Crippen LogP contribution < -0.4 is 10.6 Å². The van der Waals surface area contributed by atoms with Gasteiger partial charge in [-0.1, -0.05) is 25.2 Å². The molecule has 20 heavy (non-hydrogen) atoms. The van der Waals surface area contributed by atoms with Crippen LogP contribution in [-0.2, 0) is 11.3 Å². The average Bonchev–Trinajstić information content (AvgIpc) is 2.61. The SMILES string of the molecule is Cc1sc(=O)n(CC(=O)N(C)CCC(N)C(C)C)c1C. The van der Waals surface area contributed by atoms with Crippen molar-refractivity contribution in [1.82, 2.24) is 9.47 Å². The highest BCUT2D eigenvalue weighted by atomic mass is 32.1. The molecule has 0 saturated heterocycles. The molecule has 0 saturated carbocycles. The van der Waals surface area contributed by atoms with E-state index in [4.69, 9.17) is 5.73 Å². The van der Waals surface area contributed by atoms with Gasteiger partial charge in [0.1, 0.15) is 6.54 Å². The molecule has 0 spiro atoms. The summed E-state index contributed by atoms with van der Waals surface area (Å²) in [6.07, 6.45) is 0.774. The van der Waals surface area contributed by atoms with Crippen molar-refractivity contribution in [2.45, 2.75) is 46.7 Å². The number of rotatable bonds is 6. The summed E-state index contributed by atoms with van der Waals surface area (Å²) < 4.78 is 1.54. The molecule has 2 N–H and O–H groups in total. The van der Waals surface area contributed by atoms with Crippen LogP contribution in [0.2, 0.25) is 0 Å². The maximum Gasteiger partial charge on any atom is 0.308 e. The Morgan fingerprint density at radius 1 is 1.40 bits per heavy atom. The first kappa shape index (κ1) is 16.9. The second-order valence-corrected chi connectivity index (χ2v) is 6.77. The molecular weight excluding hydrogens is 274 g/mol. The molecule has 1 unspecified atom stereocenters. The van der Waals surface area contributed by atoms with E-state index in [0.717, 1.165) is 17.0 Å². The van der Waals surface area contributed by atoms with Crippen LogP contribution in [0.3, 0.4) is 0 Å². The lowest BCUT2D eigenvalue weighted by Gasteiger charge is -2.21.